The molecular formula is C11H14N4. The van der Waals surface area contributed by atoms with E-state index in [-0.39, 0.29) is 5.84 Å². The van der Waals surface area contributed by atoms with Crippen molar-refractivity contribution in [2.24, 2.45) is 5.73 Å². The molecular weight excluding hydrogens is 188 g/mol. The van der Waals surface area contributed by atoms with Crippen LogP contribution in [-0.2, 0) is 0 Å². The molecule has 1 aromatic carbocycles. The summed E-state index contributed by atoms with van der Waals surface area (Å²) in [4.78, 5) is 7.68. The van der Waals surface area contributed by atoms with Crippen molar-refractivity contribution in [1.82, 2.24) is 9.97 Å². The van der Waals surface area contributed by atoms with E-state index in [1.54, 1.807) is 0 Å². The summed E-state index contributed by atoms with van der Waals surface area (Å²) in [5.74, 6) is 1.33. The van der Waals surface area contributed by atoms with Crippen LogP contribution < -0.4 is 5.73 Å². The Kier molecular flexibility index (Phi) is 2.19. The normalized spacial score (nSPS) is 11.1. The van der Waals surface area contributed by atoms with E-state index in [0.717, 1.165) is 16.9 Å². The van der Waals surface area contributed by atoms with Gasteiger partial charge in [-0.3, -0.25) is 5.41 Å². The summed E-state index contributed by atoms with van der Waals surface area (Å²) < 4.78 is 0. The van der Waals surface area contributed by atoms with E-state index in [4.69, 9.17) is 11.1 Å². The summed E-state index contributed by atoms with van der Waals surface area (Å²) in [5.41, 5.74) is 7.91. The zero-order chi connectivity index (χ0) is 11.0. The molecule has 1 aromatic heterocycles. The van der Waals surface area contributed by atoms with Crippen LogP contribution in [0.5, 0.6) is 0 Å². The quantitative estimate of drug-likeness (QED) is 0.514. The molecule has 0 fully saturated rings. The number of nitrogens with two attached hydrogens (primary N) is 1. The highest BCUT2D eigenvalue weighted by atomic mass is 14.9. The first-order chi connectivity index (χ1) is 7.09. The van der Waals surface area contributed by atoms with Gasteiger partial charge in [-0.05, 0) is 12.1 Å². The molecule has 0 aliphatic rings. The van der Waals surface area contributed by atoms with Crippen LogP contribution >= 0.6 is 0 Å². The van der Waals surface area contributed by atoms with Gasteiger partial charge in [-0.25, -0.2) is 4.98 Å². The third-order valence-electron chi connectivity index (χ3n) is 2.37. The zero-order valence-electron chi connectivity index (χ0n) is 8.83. The first kappa shape index (κ1) is 9.71. The Balaban J connectivity index is 2.70. The molecule has 0 atom stereocenters. The van der Waals surface area contributed by atoms with Gasteiger partial charge in [-0.2, -0.15) is 0 Å². The first-order valence-corrected chi connectivity index (χ1v) is 4.92. The molecule has 2 rings (SSSR count). The molecule has 4 heteroatoms. The molecule has 1 heterocycles. The second-order valence-electron chi connectivity index (χ2n) is 3.89. The summed E-state index contributed by atoms with van der Waals surface area (Å²) in [7, 11) is 0. The van der Waals surface area contributed by atoms with Crippen molar-refractivity contribution in [2.75, 3.05) is 0 Å². The summed E-state index contributed by atoms with van der Waals surface area (Å²) in [6.45, 7) is 4.15. The van der Waals surface area contributed by atoms with Crippen LogP contribution in [0.1, 0.15) is 31.2 Å². The van der Waals surface area contributed by atoms with Crippen LogP contribution in [0.2, 0.25) is 0 Å². The monoisotopic (exact) mass is 202 g/mol. The third-order valence-corrected chi connectivity index (χ3v) is 2.37. The molecule has 4 N–H and O–H groups in total. The SMILES string of the molecule is CC(C)c1nc2c(C(=N)N)cccc2[nH]1. The number of hydrogen-bond acceptors (Lipinski definition) is 2. The Morgan fingerprint density at radius 2 is 2.20 bits per heavy atom. The lowest BCUT2D eigenvalue weighted by Crippen LogP contribution is -2.11. The van der Waals surface area contributed by atoms with Gasteiger partial charge in [0.05, 0.1) is 11.0 Å². The van der Waals surface area contributed by atoms with Crippen LogP contribution in [0, 0.1) is 5.41 Å². The highest BCUT2D eigenvalue weighted by Crippen LogP contribution is 2.19. The van der Waals surface area contributed by atoms with Crippen molar-refractivity contribution in [2.45, 2.75) is 19.8 Å². The van der Waals surface area contributed by atoms with Gasteiger partial charge in [-0.1, -0.05) is 19.9 Å². The maximum Gasteiger partial charge on any atom is 0.125 e. The number of imidazole rings is 1. The van der Waals surface area contributed by atoms with Gasteiger partial charge in [0.2, 0.25) is 0 Å². The number of nitrogens with one attached hydrogen (secondary N) is 2. The van der Waals surface area contributed by atoms with Crippen molar-refractivity contribution in [3.05, 3.63) is 29.6 Å². The van der Waals surface area contributed by atoms with Gasteiger partial charge in [-0.15, -0.1) is 0 Å². The lowest BCUT2D eigenvalue weighted by Gasteiger charge is -1.97. The molecule has 0 amide bonds. The number of nitrogen functional groups attached to an aromatic ring is 1. The van der Waals surface area contributed by atoms with Crippen molar-refractivity contribution < 1.29 is 0 Å². The average Bonchev–Trinajstić information content (AvgIpc) is 2.60. The molecule has 0 radical (unpaired) electrons. The third kappa shape index (κ3) is 1.58. The van der Waals surface area contributed by atoms with E-state index >= 15 is 0 Å². The predicted octanol–water partition coefficient (Wildman–Crippen LogP) is 1.97. The highest BCUT2D eigenvalue weighted by molar-refractivity contribution is 6.05. The van der Waals surface area contributed by atoms with Crippen molar-refractivity contribution >= 4 is 16.9 Å². The van der Waals surface area contributed by atoms with Crippen molar-refractivity contribution in [3.8, 4) is 0 Å². The van der Waals surface area contributed by atoms with Gasteiger partial charge in [0, 0.05) is 11.5 Å². The summed E-state index contributed by atoms with van der Waals surface area (Å²) in [6.07, 6.45) is 0. The molecule has 4 nitrogen and oxygen atoms in total. The Morgan fingerprint density at radius 3 is 2.80 bits per heavy atom. The predicted molar refractivity (Wildman–Crippen MR) is 61.2 cm³/mol. The minimum absolute atomic E-state index is 0.0578. The number of fused-ring (bicyclic) bond motifs is 1. The Morgan fingerprint density at radius 1 is 1.47 bits per heavy atom. The van der Waals surface area contributed by atoms with Gasteiger partial charge >= 0.3 is 0 Å². The molecule has 0 aliphatic carbocycles. The molecule has 0 unspecified atom stereocenters. The van der Waals surface area contributed by atoms with E-state index in [1.807, 2.05) is 18.2 Å². The highest BCUT2D eigenvalue weighted by Gasteiger charge is 2.10. The van der Waals surface area contributed by atoms with E-state index in [9.17, 15) is 0 Å². The fourth-order valence-corrected chi connectivity index (χ4v) is 1.54. The fraction of sp³-hybridized carbons (Fsp3) is 0.273. The Bertz CT molecular complexity index is 510. The first-order valence-electron chi connectivity index (χ1n) is 4.92. The van der Waals surface area contributed by atoms with Crippen LogP contribution in [0.4, 0.5) is 0 Å². The maximum atomic E-state index is 7.46. The molecule has 2 aromatic rings. The van der Waals surface area contributed by atoms with E-state index in [2.05, 4.69) is 23.8 Å². The minimum atomic E-state index is 0.0578. The number of amidine groups is 1. The molecule has 0 saturated heterocycles. The van der Waals surface area contributed by atoms with Crippen LogP contribution in [0.15, 0.2) is 18.2 Å². The molecule has 15 heavy (non-hydrogen) atoms. The molecule has 0 saturated carbocycles. The topological polar surface area (TPSA) is 78.6 Å². The minimum Gasteiger partial charge on any atom is -0.384 e. The second-order valence-corrected chi connectivity index (χ2v) is 3.89. The molecule has 0 aliphatic heterocycles. The maximum absolute atomic E-state index is 7.46. The number of benzene rings is 1. The fourth-order valence-electron chi connectivity index (χ4n) is 1.54. The number of aromatic amines is 1. The number of nitrogens with zero attached hydrogens (tertiary/aromatic N) is 1. The largest absolute Gasteiger partial charge is 0.384 e. The smallest absolute Gasteiger partial charge is 0.125 e. The average molecular weight is 202 g/mol. The van der Waals surface area contributed by atoms with Crippen molar-refractivity contribution in [1.29, 1.82) is 5.41 Å². The molecule has 78 valence electrons. The lowest BCUT2D eigenvalue weighted by molar-refractivity contribution is 0.799. The van der Waals surface area contributed by atoms with Gasteiger partial charge in [0.1, 0.15) is 11.7 Å². The van der Waals surface area contributed by atoms with E-state index < -0.39 is 0 Å². The Labute approximate surface area is 88.0 Å². The molecule has 0 spiro atoms. The van der Waals surface area contributed by atoms with Crippen LogP contribution in [-0.4, -0.2) is 15.8 Å². The summed E-state index contributed by atoms with van der Waals surface area (Å²) in [5, 5.41) is 7.46. The molecule has 0 bridgehead atoms. The van der Waals surface area contributed by atoms with Crippen LogP contribution in [0.25, 0.3) is 11.0 Å². The van der Waals surface area contributed by atoms with E-state index in [0.29, 0.717) is 11.5 Å². The van der Waals surface area contributed by atoms with Gasteiger partial charge in [0.15, 0.2) is 0 Å². The zero-order valence-corrected chi connectivity index (χ0v) is 8.83. The van der Waals surface area contributed by atoms with E-state index in [1.165, 1.54) is 0 Å². The summed E-state index contributed by atoms with van der Waals surface area (Å²) >= 11 is 0. The number of H-pyrrole nitrogens is 1. The lowest BCUT2D eigenvalue weighted by atomic mass is 10.2. The summed E-state index contributed by atoms with van der Waals surface area (Å²) in [6, 6.07) is 5.64. The number of para-hydroxylation sites is 1. The van der Waals surface area contributed by atoms with Gasteiger partial charge < -0.3 is 10.7 Å². The standard InChI is InChI=1S/C11H14N4/c1-6(2)11-14-8-5-3-4-7(10(12)13)9(8)15-11/h3-6H,1-2H3,(H3,12,13)(H,14,15). The number of rotatable bonds is 2. The van der Waals surface area contributed by atoms with Crippen LogP contribution in [0.3, 0.4) is 0 Å². The number of aromatic nitrogens is 2. The second kappa shape index (κ2) is 3.38. The van der Waals surface area contributed by atoms with Gasteiger partial charge in [0.25, 0.3) is 0 Å². The van der Waals surface area contributed by atoms with Crippen molar-refractivity contribution in [3.63, 3.8) is 0 Å². The Hall–Kier alpha value is -1.84. The number of hydrogen-bond donors (Lipinski definition) is 3.